The van der Waals surface area contributed by atoms with E-state index in [4.69, 9.17) is 0 Å². The molecular weight excluding hydrogens is 374 g/mol. The number of aromatic nitrogens is 3. The monoisotopic (exact) mass is 391 g/mol. The number of anilines is 1. The lowest BCUT2D eigenvalue weighted by molar-refractivity contribution is 0.257. The van der Waals surface area contributed by atoms with Gasteiger partial charge in [0.05, 0.1) is 10.9 Å². The van der Waals surface area contributed by atoms with Crippen LogP contribution in [0.4, 0.5) is 10.5 Å². The zero-order chi connectivity index (χ0) is 19.5. The van der Waals surface area contributed by atoms with Gasteiger partial charge >= 0.3 is 6.03 Å². The number of H-pyrrole nitrogens is 1. The van der Waals surface area contributed by atoms with Crippen LogP contribution >= 0.6 is 11.9 Å². The molecule has 2 heterocycles. The predicted molar refractivity (Wildman–Crippen MR) is 111 cm³/mol. The van der Waals surface area contributed by atoms with Crippen molar-refractivity contribution < 1.29 is 4.79 Å². The van der Waals surface area contributed by atoms with E-state index in [0.29, 0.717) is 22.4 Å². The number of hydrogen-bond donors (Lipinski definition) is 3. The van der Waals surface area contributed by atoms with Gasteiger partial charge in [-0.25, -0.2) is 14.5 Å². The maximum Gasteiger partial charge on any atom is 0.329 e. The molecule has 0 spiro atoms. The summed E-state index contributed by atoms with van der Waals surface area (Å²) in [6, 6.07) is 17.9. The van der Waals surface area contributed by atoms with Gasteiger partial charge in [0.2, 0.25) is 0 Å². The molecule has 0 saturated carbocycles. The second kappa shape index (κ2) is 7.61. The summed E-state index contributed by atoms with van der Waals surface area (Å²) in [7, 11) is 0. The van der Waals surface area contributed by atoms with E-state index in [1.807, 2.05) is 37.3 Å². The van der Waals surface area contributed by atoms with E-state index in [0.717, 1.165) is 10.5 Å². The molecule has 4 rings (SSSR count). The van der Waals surface area contributed by atoms with E-state index >= 15 is 0 Å². The largest absolute Gasteiger partial charge is 0.329 e. The average molecular weight is 391 g/mol. The lowest BCUT2D eigenvalue weighted by Crippen LogP contribution is -2.22. The summed E-state index contributed by atoms with van der Waals surface area (Å²) in [6.45, 7) is 2.01. The number of nitrogens with zero attached hydrogens (tertiary/aromatic N) is 2. The zero-order valence-electron chi connectivity index (χ0n) is 15.0. The van der Waals surface area contributed by atoms with E-state index in [1.165, 1.54) is 16.6 Å². The minimum absolute atomic E-state index is 0.230. The molecule has 7 nitrogen and oxygen atoms in total. The molecule has 2 amide bonds. The highest BCUT2D eigenvalue weighted by Gasteiger charge is 2.11. The number of pyridine rings is 1. The maximum atomic E-state index is 12.7. The molecule has 0 fully saturated rings. The Labute approximate surface area is 164 Å². The van der Waals surface area contributed by atoms with Gasteiger partial charge in [-0.05, 0) is 61.3 Å². The van der Waals surface area contributed by atoms with Crippen molar-refractivity contribution >= 4 is 34.6 Å². The Hall–Kier alpha value is -3.52. The van der Waals surface area contributed by atoms with Gasteiger partial charge in [0.25, 0.3) is 5.56 Å². The smallest absolute Gasteiger partial charge is 0.307 e. The van der Waals surface area contributed by atoms with E-state index in [1.54, 1.807) is 36.5 Å². The molecule has 0 aliphatic carbocycles. The maximum absolute atomic E-state index is 12.7. The molecule has 3 N–H and O–H groups in total. The molecule has 28 heavy (non-hydrogen) atoms. The summed E-state index contributed by atoms with van der Waals surface area (Å²) in [5, 5.41) is 6.23. The fourth-order valence-electron chi connectivity index (χ4n) is 2.70. The number of carbonyl (C=O) groups is 1. The number of amides is 2. The number of rotatable bonds is 4. The topological polar surface area (TPSA) is 91.8 Å². The summed E-state index contributed by atoms with van der Waals surface area (Å²) in [4.78, 5) is 29.9. The molecule has 0 aliphatic rings. The molecule has 4 aromatic rings. The Bertz CT molecular complexity index is 1180. The van der Waals surface area contributed by atoms with Gasteiger partial charge in [-0.1, -0.05) is 23.8 Å². The first kappa shape index (κ1) is 17.9. The molecule has 0 atom stereocenters. The van der Waals surface area contributed by atoms with Crippen LogP contribution in [0.3, 0.4) is 0 Å². The fourth-order valence-corrected chi connectivity index (χ4v) is 3.24. The Balaban J connectivity index is 1.50. The average Bonchev–Trinajstić information content (AvgIpc) is 3.04. The third-order valence-electron chi connectivity index (χ3n) is 4.10. The first-order valence-electron chi connectivity index (χ1n) is 8.57. The quantitative estimate of drug-likeness (QED) is 0.461. The van der Waals surface area contributed by atoms with Gasteiger partial charge in [-0.3, -0.25) is 14.6 Å². The van der Waals surface area contributed by atoms with Crippen LogP contribution in [0.2, 0.25) is 0 Å². The SMILES string of the molecule is Cc1ccc(SNC(=O)Nc2ccc3[nH]n(-c4ccccn4)c(=O)c3c2)cc1. The minimum Gasteiger partial charge on any atom is -0.307 e. The minimum atomic E-state index is -0.370. The van der Waals surface area contributed by atoms with Gasteiger partial charge in [-0.2, -0.15) is 0 Å². The second-order valence-electron chi connectivity index (χ2n) is 6.17. The number of nitrogens with one attached hydrogen (secondary N) is 3. The summed E-state index contributed by atoms with van der Waals surface area (Å²) in [5.41, 5.74) is 2.12. The second-order valence-corrected chi connectivity index (χ2v) is 7.05. The molecule has 0 bridgehead atoms. The van der Waals surface area contributed by atoms with Gasteiger partial charge < -0.3 is 5.32 Å². The van der Waals surface area contributed by atoms with Crippen molar-refractivity contribution in [3.63, 3.8) is 0 Å². The molecule has 0 radical (unpaired) electrons. The zero-order valence-corrected chi connectivity index (χ0v) is 15.8. The van der Waals surface area contributed by atoms with Crippen LogP contribution in [0.1, 0.15) is 5.56 Å². The van der Waals surface area contributed by atoms with Gasteiger partial charge in [-0.15, -0.1) is 0 Å². The van der Waals surface area contributed by atoms with Crippen LogP contribution in [-0.4, -0.2) is 20.8 Å². The van der Waals surface area contributed by atoms with Crippen molar-refractivity contribution in [3.8, 4) is 5.82 Å². The number of fused-ring (bicyclic) bond motifs is 1. The number of urea groups is 1. The number of aryl methyl sites for hydroxylation is 1. The molecule has 0 unspecified atom stereocenters. The van der Waals surface area contributed by atoms with Crippen LogP contribution in [0.25, 0.3) is 16.7 Å². The Morgan fingerprint density at radius 1 is 1.11 bits per heavy atom. The van der Waals surface area contributed by atoms with Crippen LogP contribution < -0.4 is 15.6 Å². The molecule has 0 saturated heterocycles. The number of benzene rings is 2. The van der Waals surface area contributed by atoms with Crippen LogP contribution in [-0.2, 0) is 0 Å². The predicted octanol–water partition coefficient (Wildman–Crippen LogP) is 3.85. The first-order valence-corrected chi connectivity index (χ1v) is 9.38. The fraction of sp³-hybridized carbons (Fsp3) is 0.0500. The summed E-state index contributed by atoms with van der Waals surface area (Å²) in [5.74, 6) is 0.505. The van der Waals surface area contributed by atoms with Crippen molar-refractivity contribution in [1.29, 1.82) is 0 Å². The van der Waals surface area contributed by atoms with Crippen LogP contribution in [0.15, 0.2) is 76.6 Å². The highest BCUT2D eigenvalue weighted by molar-refractivity contribution is 7.98. The van der Waals surface area contributed by atoms with Crippen molar-refractivity contribution in [1.82, 2.24) is 19.5 Å². The Morgan fingerprint density at radius 2 is 1.93 bits per heavy atom. The molecule has 140 valence electrons. The standard InChI is InChI=1S/C20H17N5O2S/c1-13-5-8-15(9-6-13)28-24-20(27)22-14-7-10-17-16(12-14)19(26)25(23-17)18-4-2-3-11-21-18/h2-12,23H,1H3,(H2,22,24,27). The molecular formula is C20H17N5O2S. The van der Waals surface area contributed by atoms with E-state index < -0.39 is 0 Å². The molecule has 2 aromatic carbocycles. The summed E-state index contributed by atoms with van der Waals surface area (Å²) >= 11 is 1.22. The van der Waals surface area contributed by atoms with Crippen LogP contribution in [0.5, 0.6) is 0 Å². The number of aromatic amines is 1. The molecule has 0 aliphatic heterocycles. The Morgan fingerprint density at radius 3 is 2.68 bits per heavy atom. The third-order valence-corrected chi connectivity index (χ3v) is 4.90. The van der Waals surface area contributed by atoms with Crippen molar-refractivity contribution in [2.75, 3.05) is 5.32 Å². The van der Waals surface area contributed by atoms with Gasteiger partial charge in [0.15, 0.2) is 5.82 Å². The highest BCUT2D eigenvalue weighted by atomic mass is 32.2. The Kier molecular flexibility index (Phi) is 4.86. The third kappa shape index (κ3) is 3.77. The van der Waals surface area contributed by atoms with Gasteiger partial charge in [0, 0.05) is 16.8 Å². The van der Waals surface area contributed by atoms with E-state index in [2.05, 4.69) is 20.1 Å². The lowest BCUT2D eigenvalue weighted by Gasteiger charge is -2.07. The number of carbonyl (C=O) groups excluding carboxylic acids is 1. The first-order chi connectivity index (χ1) is 13.6. The summed E-state index contributed by atoms with van der Waals surface area (Å²) in [6.07, 6.45) is 1.62. The lowest BCUT2D eigenvalue weighted by atomic mass is 10.2. The van der Waals surface area contributed by atoms with Crippen molar-refractivity contribution in [3.05, 3.63) is 82.8 Å². The van der Waals surface area contributed by atoms with Gasteiger partial charge in [0.1, 0.15) is 0 Å². The normalized spacial score (nSPS) is 10.8. The molecule has 8 heteroatoms. The number of hydrogen-bond acceptors (Lipinski definition) is 4. The van der Waals surface area contributed by atoms with Crippen molar-refractivity contribution in [2.45, 2.75) is 11.8 Å². The van der Waals surface area contributed by atoms with E-state index in [9.17, 15) is 9.59 Å². The van der Waals surface area contributed by atoms with Crippen molar-refractivity contribution in [2.24, 2.45) is 0 Å². The summed E-state index contributed by atoms with van der Waals surface area (Å²) < 4.78 is 4.10. The molecule has 2 aromatic heterocycles. The highest BCUT2D eigenvalue weighted by Crippen LogP contribution is 2.18. The van der Waals surface area contributed by atoms with E-state index in [-0.39, 0.29) is 11.6 Å². The van der Waals surface area contributed by atoms with Crippen LogP contribution in [0, 0.1) is 6.92 Å².